The molecule has 0 spiro atoms. The number of rotatable bonds is 4. The molecule has 1 aromatic heterocycles. The minimum atomic E-state index is -0.429. The summed E-state index contributed by atoms with van der Waals surface area (Å²) in [6.07, 6.45) is 14.9. The number of carbonyl (C=O) groups is 1. The molecule has 2 heterocycles. The van der Waals surface area contributed by atoms with Crippen LogP contribution in [0, 0.1) is 10.1 Å². The van der Waals surface area contributed by atoms with Crippen molar-refractivity contribution < 1.29 is 14.1 Å². The zero-order valence-corrected chi connectivity index (χ0v) is 20.9. The van der Waals surface area contributed by atoms with Gasteiger partial charge in [-0.2, -0.15) is 0 Å². The molecule has 2 aliphatic rings. The molecule has 0 unspecified atom stereocenters. The molecule has 1 aliphatic heterocycles. The molecular formula is C26H30N2O4S2. The first-order valence-electron chi connectivity index (χ1n) is 12.1. The van der Waals surface area contributed by atoms with Crippen molar-refractivity contribution in [1.82, 2.24) is 4.90 Å². The van der Waals surface area contributed by atoms with E-state index in [1.807, 2.05) is 4.90 Å². The number of nitrogens with zero attached hydrogens (tertiary/aromatic N) is 2. The Hall–Kier alpha value is -2.45. The highest BCUT2D eigenvalue weighted by atomic mass is 32.2. The smallest absolute Gasteiger partial charge is 0.270 e. The average Bonchev–Trinajstić information content (AvgIpc) is 3.39. The molecule has 0 atom stereocenters. The fraction of sp³-hybridized carbons (Fsp3) is 0.462. The standard InChI is InChI=1S/C26H30N2O4S2/c29-25-24(18-22-15-16-23(32-22)19-11-10-14-21(17-19)28(30)31)34-26(33)27(25)20-12-8-6-4-2-1-3-5-7-9-13-20/h10-11,14-18,20H,1-9,12-13H2/b24-18-. The van der Waals surface area contributed by atoms with Gasteiger partial charge in [-0.05, 0) is 25.0 Å². The van der Waals surface area contributed by atoms with Gasteiger partial charge in [-0.25, -0.2) is 0 Å². The molecule has 1 aliphatic carbocycles. The Balaban J connectivity index is 1.48. The average molecular weight is 499 g/mol. The Morgan fingerprint density at radius 2 is 1.65 bits per heavy atom. The fourth-order valence-electron chi connectivity index (χ4n) is 4.68. The summed E-state index contributed by atoms with van der Waals surface area (Å²) in [5.41, 5.74) is 0.628. The van der Waals surface area contributed by atoms with Gasteiger partial charge in [-0.15, -0.1) is 0 Å². The number of carbonyl (C=O) groups excluding carboxylic acids is 1. The third-order valence-corrected chi connectivity index (χ3v) is 7.84. The Labute approximate surface area is 209 Å². The van der Waals surface area contributed by atoms with Gasteiger partial charge >= 0.3 is 0 Å². The van der Waals surface area contributed by atoms with E-state index in [4.69, 9.17) is 16.6 Å². The maximum atomic E-state index is 13.3. The zero-order chi connectivity index (χ0) is 23.9. The van der Waals surface area contributed by atoms with E-state index >= 15 is 0 Å². The van der Waals surface area contributed by atoms with Gasteiger partial charge in [0.05, 0.1) is 9.83 Å². The summed E-state index contributed by atoms with van der Waals surface area (Å²) in [7, 11) is 0. The molecular weight excluding hydrogens is 468 g/mol. The van der Waals surface area contributed by atoms with Crippen molar-refractivity contribution in [2.24, 2.45) is 0 Å². The van der Waals surface area contributed by atoms with Crippen molar-refractivity contribution in [3.8, 4) is 11.3 Å². The van der Waals surface area contributed by atoms with Gasteiger partial charge in [0.1, 0.15) is 15.8 Å². The third-order valence-electron chi connectivity index (χ3n) is 6.51. The van der Waals surface area contributed by atoms with Crippen LogP contribution in [0.1, 0.15) is 76.4 Å². The van der Waals surface area contributed by atoms with Gasteiger partial charge in [0.2, 0.25) is 0 Å². The van der Waals surface area contributed by atoms with E-state index in [0.717, 1.165) is 25.7 Å². The van der Waals surface area contributed by atoms with E-state index in [1.54, 1.807) is 30.3 Å². The van der Waals surface area contributed by atoms with Crippen molar-refractivity contribution >= 4 is 46.0 Å². The molecule has 1 saturated heterocycles. The topological polar surface area (TPSA) is 76.6 Å². The number of thiocarbonyl (C=S) groups is 1. The van der Waals surface area contributed by atoms with Crippen molar-refractivity contribution in [2.75, 3.05) is 0 Å². The second-order valence-electron chi connectivity index (χ2n) is 8.97. The lowest BCUT2D eigenvalue weighted by atomic mass is 9.97. The highest BCUT2D eigenvalue weighted by Crippen LogP contribution is 2.37. The Morgan fingerprint density at radius 1 is 1.00 bits per heavy atom. The van der Waals surface area contributed by atoms with E-state index in [-0.39, 0.29) is 17.6 Å². The zero-order valence-electron chi connectivity index (χ0n) is 19.2. The van der Waals surface area contributed by atoms with Gasteiger partial charge < -0.3 is 4.42 Å². The SMILES string of the molecule is O=C1/C(=C/c2ccc(-c3cccc([N+](=O)[O-])c3)o2)SC(=S)N1C1CCCCCCCCCCC1. The van der Waals surface area contributed by atoms with Crippen LogP contribution in [0.25, 0.3) is 17.4 Å². The minimum Gasteiger partial charge on any atom is -0.457 e. The summed E-state index contributed by atoms with van der Waals surface area (Å²) in [6.45, 7) is 0. The number of nitro benzene ring substituents is 1. The number of amides is 1. The van der Waals surface area contributed by atoms with Crippen LogP contribution in [0.4, 0.5) is 5.69 Å². The van der Waals surface area contributed by atoms with Crippen molar-refractivity contribution in [1.29, 1.82) is 0 Å². The van der Waals surface area contributed by atoms with E-state index in [1.165, 1.54) is 68.8 Å². The largest absolute Gasteiger partial charge is 0.457 e. The van der Waals surface area contributed by atoms with E-state index in [2.05, 4.69) is 0 Å². The molecule has 1 aromatic carbocycles. The number of non-ortho nitro benzene ring substituents is 1. The summed E-state index contributed by atoms with van der Waals surface area (Å²) in [5.74, 6) is 1.01. The van der Waals surface area contributed by atoms with E-state index in [9.17, 15) is 14.9 Å². The molecule has 2 fully saturated rings. The first kappa shape index (κ1) is 24.7. The van der Waals surface area contributed by atoms with Crippen molar-refractivity contribution in [3.63, 3.8) is 0 Å². The number of nitro groups is 1. The molecule has 0 radical (unpaired) electrons. The van der Waals surface area contributed by atoms with Gasteiger partial charge in [0.25, 0.3) is 11.6 Å². The molecule has 8 heteroatoms. The minimum absolute atomic E-state index is 0.00773. The van der Waals surface area contributed by atoms with Crippen LogP contribution in [0.2, 0.25) is 0 Å². The summed E-state index contributed by atoms with van der Waals surface area (Å²) in [4.78, 5) is 26.4. The summed E-state index contributed by atoms with van der Waals surface area (Å²) in [6, 6.07) is 10.0. The number of benzene rings is 1. The molecule has 180 valence electrons. The van der Waals surface area contributed by atoms with Gasteiger partial charge in [-0.1, -0.05) is 93.9 Å². The van der Waals surface area contributed by atoms with Gasteiger partial charge in [-0.3, -0.25) is 19.8 Å². The number of hydrogen-bond acceptors (Lipinski definition) is 6. The maximum Gasteiger partial charge on any atom is 0.270 e. The molecule has 4 rings (SSSR count). The highest BCUT2D eigenvalue weighted by Gasteiger charge is 2.36. The molecule has 1 amide bonds. The van der Waals surface area contributed by atoms with E-state index < -0.39 is 4.92 Å². The predicted molar refractivity (Wildman–Crippen MR) is 140 cm³/mol. The van der Waals surface area contributed by atoms with Crippen LogP contribution in [0.15, 0.2) is 45.7 Å². The molecule has 6 nitrogen and oxygen atoms in total. The molecule has 2 aromatic rings. The van der Waals surface area contributed by atoms with E-state index in [0.29, 0.717) is 26.3 Å². The lowest BCUT2D eigenvalue weighted by Gasteiger charge is -2.27. The summed E-state index contributed by atoms with van der Waals surface area (Å²) < 4.78 is 6.52. The normalized spacial score (nSPS) is 20.4. The maximum absolute atomic E-state index is 13.3. The van der Waals surface area contributed by atoms with Crippen LogP contribution < -0.4 is 0 Å². The second kappa shape index (κ2) is 11.8. The molecule has 0 N–H and O–H groups in total. The molecule has 34 heavy (non-hydrogen) atoms. The van der Waals surface area contributed by atoms with Crippen LogP contribution in [-0.2, 0) is 4.79 Å². The van der Waals surface area contributed by atoms with Gasteiger partial charge in [0, 0.05) is 29.8 Å². The first-order valence-corrected chi connectivity index (χ1v) is 13.4. The van der Waals surface area contributed by atoms with Crippen molar-refractivity contribution in [2.45, 2.75) is 76.7 Å². The second-order valence-corrected chi connectivity index (χ2v) is 10.7. The van der Waals surface area contributed by atoms with Crippen molar-refractivity contribution in [3.05, 3.63) is 57.2 Å². The number of hydrogen-bond donors (Lipinski definition) is 0. The Kier molecular flexibility index (Phi) is 8.56. The molecule has 1 saturated carbocycles. The quantitative estimate of drug-likeness (QED) is 0.186. The lowest BCUT2D eigenvalue weighted by molar-refractivity contribution is -0.384. The monoisotopic (exact) mass is 498 g/mol. The lowest BCUT2D eigenvalue weighted by Crippen LogP contribution is -2.38. The Morgan fingerprint density at radius 3 is 2.29 bits per heavy atom. The number of furan rings is 1. The van der Waals surface area contributed by atoms with Crippen LogP contribution in [0.5, 0.6) is 0 Å². The number of thioether (sulfide) groups is 1. The van der Waals surface area contributed by atoms with Crippen LogP contribution in [-0.4, -0.2) is 26.1 Å². The van der Waals surface area contributed by atoms with Crippen LogP contribution in [0.3, 0.4) is 0 Å². The Bertz CT molecular complexity index is 1070. The highest BCUT2D eigenvalue weighted by molar-refractivity contribution is 8.26. The molecule has 0 bridgehead atoms. The fourth-order valence-corrected chi connectivity index (χ4v) is 6.06. The third kappa shape index (κ3) is 6.16. The van der Waals surface area contributed by atoms with Crippen LogP contribution >= 0.6 is 24.0 Å². The summed E-state index contributed by atoms with van der Waals surface area (Å²) in [5, 5.41) is 11.1. The first-order chi connectivity index (χ1) is 16.5. The van der Waals surface area contributed by atoms with Gasteiger partial charge in [0.15, 0.2) is 0 Å². The summed E-state index contributed by atoms with van der Waals surface area (Å²) >= 11 is 6.96. The predicted octanol–water partition coefficient (Wildman–Crippen LogP) is 7.73.